The fourth-order valence-electron chi connectivity index (χ4n) is 2.26. The van der Waals surface area contributed by atoms with Gasteiger partial charge in [-0.05, 0) is 49.2 Å². The number of aliphatic hydroxyl groups is 1. The second-order valence-corrected chi connectivity index (χ2v) is 6.85. The molecule has 0 spiro atoms. The van der Waals surface area contributed by atoms with Gasteiger partial charge in [-0.1, -0.05) is 0 Å². The topological polar surface area (TPSA) is 67.6 Å². The van der Waals surface area contributed by atoms with Crippen molar-refractivity contribution in [3.63, 3.8) is 0 Å². The predicted octanol–water partition coefficient (Wildman–Crippen LogP) is 2.02. The lowest BCUT2D eigenvalue weighted by Gasteiger charge is -2.28. The number of aromatic nitrogens is 2. The zero-order valence-corrected chi connectivity index (χ0v) is 13.5. The quantitative estimate of drug-likeness (QED) is 0.890. The van der Waals surface area contributed by atoms with Crippen LogP contribution in [0.2, 0.25) is 0 Å². The number of likely N-dealkylation sites (tertiary alicyclic amines) is 1. The van der Waals surface area contributed by atoms with E-state index in [0.29, 0.717) is 19.5 Å². The van der Waals surface area contributed by atoms with E-state index in [1.165, 1.54) is 0 Å². The summed E-state index contributed by atoms with van der Waals surface area (Å²) in [6, 6.07) is 1.73. The van der Waals surface area contributed by atoms with Crippen LogP contribution in [0.15, 0.2) is 16.9 Å². The van der Waals surface area contributed by atoms with E-state index < -0.39 is 11.7 Å². The Morgan fingerprint density at radius 1 is 1.60 bits per heavy atom. The first-order valence-corrected chi connectivity index (χ1v) is 7.40. The van der Waals surface area contributed by atoms with Gasteiger partial charge in [-0.2, -0.15) is 5.10 Å². The number of aliphatic hydroxyl groups excluding tert-OH is 1. The first-order chi connectivity index (χ1) is 9.24. The van der Waals surface area contributed by atoms with Crippen molar-refractivity contribution < 1.29 is 14.6 Å². The Morgan fingerprint density at radius 2 is 2.30 bits per heavy atom. The molecular formula is C13H20BrN3O3. The maximum absolute atomic E-state index is 12.2. The number of halogens is 1. The Balaban J connectivity index is 2.04. The number of amides is 1. The van der Waals surface area contributed by atoms with Crippen molar-refractivity contribution in [2.24, 2.45) is 0 Å². The smallest absolute Gasteiger partial charge is 0.410 e. The van der Waals surface area contributed by atoms with Crippen LogP contribution < -0.4 is 0 Å². The van der Waals surface area contributed by atoms with E-state index in [9.17, 15) is 9.90 Å². The van der Waals surface area contributed by atoms with Gasteiger partial charge in [-0.15, -0.1) is 0 Å². The summed E-state index contributed by atoms with van der Waals surface area (Å²) in [7, 11) is 0. The molecule has 0 aromatic carbocycles. The van der Waals surface area contributed by atoms with Gasteiger partial charge < -0.3 is 14.7 Å². The van der Waals surface area contributed by atoms with Gasteiger partial charge in [0.15, 0.2) is 0 Å². The molecule has 2 heterocycles. The van der Waals surface area contributed by atoms with Crippen LogP contribution in [-0.4, -0.2) is 50.2 Å². The van der Waals surface area contributed by atoms with Gasteiger partial charge in [0, 0.05) is 6.20 Å². The zero-order valence-electron chi connectivity index (χ0n) is 11.9. The molecule has 20 heavy (non-hydrogen) atoms. The fourth-order valence-corrected chi connectivity index (χ4v) is 2.59. The molecule has 2 atom stereocenters. The number of β-amino-alcohol motifs (C(OH)–C–C–N with tert-alkyl or cyclic N) is 1. The lowest BCUT2D eigenvalue weighted by atomic mass is 10.2. The lowest BCUT2D eigenvalue weighted by molar-refractivity contribution is 0.0195. The van der Waals surface area contributed by atoms with E-state index in [2.05, 4.69) is 21.0 Å². The second-order valence-electron chi connectivity index (χ2n) is 6.04. The largest absolute Gasteiger partial charge is 0.444 e. The van der Waals surface area contributed by atoms with E-state index in [1.807, 2.05) is 33.0 Å². The zero-order chi connectivity index (χ0) is 14.9. The number of rotatable bonds is 2. The van der Waals surface area contributed by atoms with Crippen LogP contribution in [0.1, 0.15) is 27.2 Å². The van der Waals surface area contributed by atoms with E-state index in [4.69, 9.17) is 4.74 Å². The third kappa shape index (κ3) is 3.96. The van der Waals surface area contributed by atoms with Crippen molar-refractivity contribution in [2.75, 3.05) is 6.54 Å². The molecule has 0 unspecified atom stereocenters. The summed E-state index contributed by atoms with van der Waals surface area (Å²) in [6.07, 6.45) is 1.48. The molecule has 1 N–H and O–H groups in total. The SMILES string of the molecule is CC(C)(C)OC(=O)N1C[C@H](O)C[C@@H]1Cn1ccc(Br)n1. The summed E-state index contributed by atoms with van der Waals surface area (Å²) in [4.78, 5) is 13.8. The molecule has 0 aliphatic carbocycles. The Hall–Kier alpha value is -1.08. The van der Waals surface area contributed by atoms with Gasteiger partial charge in [-0.3, -0.25) is 4.68 Å². The fraction of sp³-hybridized carbons (Fsp3) is 0.692. The first-order valence-electron chi connectivity index (χ1n) is 6.61. The first kappa shape index (κ1) is 15.3. The van der Waals surface area contributed by atoms with Crippen LogP contribution in [-0.2, 0) is 11.3 Å². The molecule has 112 valence electrons. The number of ether oxygens (including phenoxy) is 1. The minimum Gasteiger partial charge on any atom is -0.444 e. The number of nitrogens with zero attached hydrogens (tertiary/aromatic N) is 3. The van der Waals surface area contributed by atoms with Crippen molar-refractivity contribution in [1.82, 2.24) is 14.7 Å². The molecule has 1 fully saturated rings. The number of hydrogen-bond donors (Lipinski definition) is 1. The van der Waals surface area contributed by atoms with Crippen LogP contribution in [0.25, 0.3) is 0 Å². The molecule has 1 aliphatic heterocycles. The van der Waals surface area contributed by atoms with Crippen molar-refractivity contribution in [1.29, 1.82) is 0 Å². The Bertz CT molecular complexity index is 483. The Kier molecular flexibility index (Phi) is 4.39. The van der Waals surface area contributed by atoms with Gasteiger partial charge >= 0.3 is 6.09 Å². The standard InChI is InChI=1S/C13H20BrN3O3/c1-13(2,3)20-12(19)17-8-10(18)6-9(17)7-16-5-4-11(14)15-16/h4-5,9-10,18H,6-8H2,1-3H3/t9-,10-/m1/s1. The summed E-state index contributed by atoms with van der Waals surface area (Å²) >= 11 is 3.29. The van der Waals surface area contributed by atoms with Gasteiger partial charge in [0.05, 0.1) is 25.2 Å². The van der Waals surface area contributed by atoms with Crippen LogP contribution >= 0.6 is 15.9 Å². The highest BCUT2D eigenvalue weighted by Crippen LogP contribution is 2.22. The van der Waals surface area contributed by atoms with Crippen LogP contribution in [0, 0.1) is 0 Å². The number of hydrogen-bond acceptors (Lipinski definition) is 4. The summed E-state index contributed by atoms with van der Waals surface area (Å²) in [6.45, 7) is 6.34. The Morgan fingerprint density at radius 3 is 2.85 bits per heavy atom. The average Bonchev–Trinajstić information content (AvgIpc) is 2.83. The third-order valence-electron chi connectivity index (χ3n) is 3.03. The molecule has 0 radical (unpaired) electrons. The van der Waals surface area contributed by atoms with Crippen molar-refractivity contribution in [3.05, 3.63) is 16.9 Å². The van der Waals surface area contributed by atoms with Gasteiger partial charge in [0.2, 0.25) is 0 Å². The lowest BCUT2D eigenvalue weighted by Crippen LogP contribution is -2.41. The van der Waals surface area contributed by atoms with Gasteiger partial charge in [0.25, 0.3) is 0 Å². The molecule has 1 amide bonds. The maximum atomic E-state index is 12.2. The van der Waals surface area contributed by atoms with Crippen LogP contribution in [0.3, 0.4) is 0 Å². The molecule has 1 aromatic rings. The minimum absolute atomic E-state index is 0.105. The monoisotopic (exact) mass is 345 g/mol. The molecule has 2 rings (SSSR count). The highest BCUT2D eigenvalue weighted by atomic mass is 79.9. The molecule has 0 saturated carbocycles. The second kappa shape index (κ2) is 5.73. The van der Waals surface area contributed by atoms with Crippen molar-refractivity contribution in [2.45, 2.75) is 51.5 Å². The molecule has 7 heteroatoms. The predicted molar refractivity (Wildman–Crippen MR) is 77.3 cm³/mol. The molecular weight excluding hydrogens is 326 g/mol. The normalized spacial score (nSPS) is 23.1. The van der Waals surface area contributed by atoms with Crippen molar-refractivity contribution >= 4 is 22.0 Å². The average molecular weight is 346 g/mol. The molecule has 6 nitrogen and oxygen atoms in total. The minimum atomic E-state index is -0.538. The number of carbonyl (C=O) groups is 1. The molecule has 1 aliphatic rings. The third-order valence-corrected chi connectivity index (χ3v) is 3.45. The van der Waals surface area contributed by atoms with Crippen LogP contribution in [0.4, 0.5) is 4.79 Å². The maximum Gasteiger partial charge on any atom is 0.410 e. The van der Waals surface area contributed by atoms with E-state index in [-0.39, 0.29) is 12.1 Å². The van der Waals surface area contributed by atoms with E-state index >= 15 is 0 Å². The summed E-state index contributed by atoms with van der Waals surface area (Å²) < 4.78 is 7.88. The molecule has 1 aromatic heterocycles. The molecule has 0 bridgehead atoms. The number of carbonyl (C=O) groups excluding carboxylic acids is 1. The Labute approximate surface area is 126 Å². The van der Waals surface area contributed by atoms with Gasteiger partial charge in [0.1, 0.15) is 10.2 Å². The van der Waals surface area contributed by atoms with E-state index in [1.54, 1.807) is 9.58 Å². The summed E-state index contributed by atoms with van der Waals surface area (Å²) in [5.41, 5.74) is -0.538. The van der Waals surface area contributed by atoms with E-state index in [0.717, 1.165) is 4.60 Å². The van der Waals surface area contributed by atoms with Crippen LogP contribution in [0.5, 0.6) is 0 Å². The summed E-state index contributed by atoms with van der Waals surface area (Å²) in [5.74, 6) is 0. The highest BCUT2D eigenvalue weighted by molar-refractivity contribution is 9.10. The summed E-state index contributed by atoms with van der Waals surface area (Å²) in [5, 5.41) is 14.1. The molecule has 1 saturated heterocycles. The van der Waals surface area contributed by atoms with Gasteiger partial charge in [-0.25, -0.2) is 4.79 Å². The van der Waals surface area contributed by atoms with Crippen molar-refractivity contribution in [3.8, 4) is 0 Å². The highest BCUT2D eigenvalue weighted by Gasteiger charge is 2.37.